The van der Waals surface area contributed by atoms with Crippen LogP contribution in [0.25, 0.3) is 0 Å². The number of hydrogen-bond donors (Lipinski definition) is 1. The number of methoxy groups -OCH3 is 1. The van der Waals surface area contributed by atoms with Crippen LogP contribution in [0.1, 0.15) is 63.5 Å². The fourth-order valence-corrected chi connectivity index (χ4v) is 5.01. The summed E-state index contributed by atoms with van der Waals surface area (Å²) >= 11 is 0. The van der Waals surface area contributed by atoms with Gasteiger partial charge in [-0.2, -0.15) is 0 Å². The van der Waals surface area contributed by atoms with Gasteiger partial charge in [0, 0.05) is 31.7 Å². The Morgan fingerprint density at radius 2 is 2.06 bits per heavy atom. The van der Waals surface area contributed by atoms with Crippen LogP contribution in [0.2, 0.25) is 0 Å². The van der Waals surface area contributed by atoms with Gasteiger partial charge in [-0.05, 0) is 93.0 Å². The number of carbonyl (C=O) groups is 1. The van der Waals surface area contributed by atoms with E-state index in [9.17, 15) is 4.79 Å². The molecule has 5 heteroatoms. The lowest BCUT2D eigenvalue weighted by atomic mass is 9.72. The van der Waals surface area contributed by atoms with Crippen molar-refractivity contribution in [3.8, 4) is 5.75 Å². The van der Waals surface area contributed by atoms with Crippen molar-refractivity contribution < 1.29 is 14.3 Å². The summed E-state index contributed by atoms with van der Waals surface area (Å²) in [7, 11) is 1.74. The SMILES string of the molecule is CCOCC1Cc2ccc(OC)cc2C(C)(CCNC(=O)C2CC2)CCN1CC1CC1. The number of hydrogen-bond acceptors (Lipinski definition) is 4. The lowest BCUT2D eigenvalue weighted by Crippen LogP contribution is -2.46. The zero-order valence-corrected chi connectivity index (χ0v) is 19.6. The second-order valence-electron chi connectivity index (χ2n) is 10.1. The number of rotatable bonds is 10. The molecule has 2 saturated carbocycles. The summed E-state index contributed by atoms with van der Waals surface area (Å²) in [5.74, 6) is 2.30. The molecule has 2 atom stereocenters. The van der Waals surface area contributed by atoms with Crippen molar-refractivity contribution >= 4 is 5.91 Å². The zero-order valence-electron chi connectivity index (χ0n) is 19.6. The molecule has 2 unspecified atom stereocenters. The molecular formula is C26H40N2O3. The summed E-state index contributed by atoms with van der Waals surface area (Å²) in [5.41, 5.74) is 2.81. The normalized spacial score (nSPS) is 26.6. The maximum Gasteiger partial charge on any atom is 0.223 e. The van der Waals surface area contributed by atoms with Crippen molar-refractivity contribution in [2.24, 2.45) is 11.8 Å². The topological polar surface area (TPSA) is 50.8 Å². The first kappa shape index (κ1) is 22.6. The smallest absolute Gasteiger partial charge is 0.223 e. The van der Waals surface area contributed by atoms with Crippen LogP contribution in [0.15, 0.2) is 18.2 Å². The van der Waals surface area contributed by atoms with Gasteiger partial charge in [0.05, 0.1) is 13.7 Å². The van der Waals surface area contributed by atoms with E-state index >= 15 is 0 Å². The number of fused-ring (bicyclic) bond motifs is 1. The lowest BCUT2D eigenvalue weighted by molar-refractivity contribution is -0.122. The van der Waals surface area contributed by atoms with Crippen LogP contribution in [0.3, 0.4) is 0 Å². The van der Waals surface area contributed by atoms with Crippen molar-refractivity contribution in [3.63, 3.8) is 0 Å². The molecule has 0 saturated heterocycles. The fraction of sp³-hybridized carbons (Fsp3) is 0.731. The van der Waals surface area contributed by atoms with Gasteiger partial charge in [-0.1, -0.05) is 13.0 Å². The third kappa shape index (κ3) is 5.81. The van der Waals surface area contributed by atoms with Crippen LogP contribution in [0, 0.1) is 11.8 Å². The fourth-order valence-electron chi connectivity index (χ4n) is 5.01. The van der Waals surface area contributed by atoms with E-state index < -0.39 is 0 Å². The lowest BCUT2D eigenvalue weighted by Gasteiger charge is -2.41. The average molecular weight is 429 g/mol. The van der Waals surface area contributed by atoms with E-state index in [1.807, 2.05) is 0 Å². The Kier molecular flexibility index (Phi) is 7.22. The van der Waals surface area contributed by atoms with E-state index in [2.05, 4.69) is 42.3 Å². The number of ether oxygens (including phenoxy) is 2. The molecule has 2 fully saturated rings. The number of nitrogens with zero attached hydrogens (tertiary/aromatic N) is 1. The quantitative estimate of drug-likeness (QED) is 0.613. The third-order valence-electron chi connectivity index (χ3n) is 7.52. The van der Waals surface area contributed by atoms with E-state index in [0.29, 0.717) is 6.04 Å². The molecule has 1 aromatic rings. The van der Waals surface area contributed by atoms with Crippen molar-refractivity contribution in [3.05, 3.63) is 29.3 Å². The highest BCUT2D eigenvalue weighted by Gasteiger charge is 2.37. The molecule has 3 aliphatic rings. The molecule has 1 aromatic carbocycles. The van der Waals surface area contributed by atoms with Gasteiger partial charge in [0.2, 0.25) is 5.91 Å². The number of nitrogens with one attached hydrogen (secondary N) is 1. The molecule has 0 aromatic heterocycles. The average Bonchev–Trinajstić information content (AvgIpc) is 3.67. The molecule has 4 rings (SSSR count). The molecule has 1 heterocycles. The molecule has 2 aliphatic carbocycles. The number of amides is 1. The van der Waals surface area contributed by atoms with Crippen LogP contribution in [-0.4, -0.2) is 56.8 Å². The van der Waals surface area contributed by atoms with Gasteiger partial charge in [-0.15, -0.1) is 0 Å². The van der Waals surface area contributed by atoms with Crippen molar-refractivity contribution in [2.75, 3.05) is 40.0 Å². The van der Waals surface area contributed by atoms with Crippen LogP contribution in [0.4, 0.5) is 0 Å². The summed E-state index contributed by atoms with van der Waals surface area (Å²) in [4.78, 5) is 14.9. The van der Waals surface area contributed by atoms with E-state index in [-0.39, 0.29) is 17.2 Å². The van der Waals surface area contributed by atoms with Crippen LogP contribution in [0.5, 0.6) is 5.75 Å². The second-order valence-corrected chi connectivity index (χ2v) is 10.1. The molecule has 5 nitrogen and oxygen atoms in total. The molecular weight excluding hydrogens is 388 g/mol. The van der Waals surface area contributed by atoms with E-state index in [0.717, 1.165) is 70.1 Å². The highest BCUT2D eigenvalue weighted by molar-refractivity contribution is 5.80. The first-order valence-electron chi connectivity index (χ1n) is 12.3. The predicted molar refractivity (Wildman–Crippen MR) is 124 cm³/mol. The third-order valence-corrected chi connectivity index (χ3v) is 7.52. The largest absolute Gasteiger partial charge is 0.497 e. The molecule has 1 aliphatic heterocycles. The first-order chi connectivity index (χ1) is 15.0. The van der Waals surface area contributed by atoms with Gasteiger partial charge >= 0.3 is 0 Å². The minimum atomic E-state index is 0.0130. The van der Waals surface area contributed by atoms with Gasteiger partial charge in [-0.3, -0.25) is 9.69 Å². The molecule has 0 bridgehead atoms. The van der Waals surface area contributed by atoms with E-state index in [1.54, 1.807) is 7.11 Å². The van der Waals surface area contributed by atoms with Gasteiger partial charge in [0.1, 0.15) is 5.75 Å². The molecule has 31 heavy (non-hydrogen) atoms. The van der Waals surface area contributed by atoms with E-state index in [4.69, 9.17) is 9.47 Å². The van der Waals surface area contributed by atoms with Crippen molar-refractivity contribution in [1.29, 1.82) is 0 Å². The second kappa shape index (κ2) is 9.91. The minimum absolute atomic E-state index is 0.0130. The Hall–Kier alpha value is -1.59. The molecule has 0 spiro atoms. The number of benzene rings is 1. The maximum atomic E-state index is 12.2. The Morgan fingerprint density at radius 1 is 1.26 bits per heavy atom. The highest BCUT2D eigenvalue weighted by atomic mass is 16.5. The maximum absolute atomic E-state index is 12.2. The summed E-state index contributed by atoms with van der Waals surface area (Å²) in [5, 5.41) is 3.20. The standard InChI is InChI=1S/C26H40N2O3/c1-4-31-18-22-15-21-9-10-23(30-3)16-24(21)26(2,11-13-27-25(29)20-7-8-20)12-14-28(22)17-19-5-6-19/h9-10,16,19-20,22H,4-8,11-15,17-18H2,1-3H3,(H,27,29). The summed E-state index contributed by atoms with van der Waals surface area (Å²) in [6.07, 6.45) is 7.91. The Labute approximate surface area is 187 Å². The molecule has 172 valence electrons. The monoisotopic (exact) mass is 428 g/mol. The van der Waals surface area contributed by atoms with Crippen LogP contribution >= 0.6 is 0 Å². The van der Waals surface area contributed by atoms with Gasteiger partial charge < -0.3 is 14.8 Å². The van der Waals surface area contributed by atoms with Gasteiger partial charge in [0.25, 0.3) is 0 Å². The molecule has 0 radical (unpaired) electrons. The van der Waals surface area contributed by atoms with Crippen LogP contribution < -0.4 is 10.1 Å². The van der Waals surface area contributed by atoms with Crippen molar-refractivity contribution in [2.45, 2.75) is 70.3 Å². The van der Waals surface area contributed by atoms with Gasteiger partial charge in [0.15, 0.2) is 0 Å². The van der Waals surface area contributed by atoms with Crippen molar-refractivity contribution in [1.82, 2.24) is 10.2 Å². The minimum Gasteiger partial charge on any atom is -0.497 e. The highest BCUT2D eigenvalue weighted by Crippen LogP contribution is 2.40. The molecule has 1 N–H and O–H groups in total. The Bertz CT molecular complexity index is 759. The first-order valence-corrected chi connectivity index (χ1v) is 12.3. The predicted octanol–water partition coefficient (Wildman–Crippen LogP) is 3.93. The zero-order chi connectivity index (χ0) is 21.8. The van der Waals surface area contributed by atoms with Gasteiger partial charge in [-0.25, -0.2) is 0 Å². The summed E-state index contributed by atoms with van der Waals surface area (Å²) in [6.45, 7) is 9.04. The Balaban J connectivity index is 1.57. The van der Waals surface area contributed by atoms with Crippen LogP contribution in [-0.2, 0) is 21.4 Å². The van der Waals surface area contributed by atoms with E-state index in [1.165, 1.54) is 30.5 Å². The Morgan fingerprint density at radius 3 is 2.74 bits per heavy atom. The summed E-state index contributed by atoms with van der Waals surface area (Å²) < 4.78 is 11.5. The number of carbonyl (C=O) groups excluding carboxylic acids is 1. The molecule has 1 amide bonds. The summed E-state index contributed by atoms with van der Waals surface area (Å²) in [6, 6.07) is 7.02.